The zero-order chi connectivity index (χ0) is 10.7. The van der Waals surface area contributed by atoms with Gasteiger partial charge in [0, 0.05) is 12.1 Å². The van der Waals surface area contributed by atoms with E-state index in [1.54, 1.807) is 0 Å². The lowest BCUT2D eigenvalue weighted by Gasteiger charge is -2.19. The highest BCUT2D eigenvalue weighted by molar-refractivity contribution is 5.69. The largest absolute Gasteiger partial charge is 0.480 e. The molecule has 2 rings (SSSR count). The van der Waals surface area contributed by atoms with Crippen LogP contribution in [0.4, 0.5) is 0 Å². The van der Waals surface area contributed by atoms with Crippen LogP contribution in [-0.2, 0) is 4.79 Å². The van der Waals surface area contributed by atoms with Crippen molar-refractivity contribution < 1.29 is 9.90 Å². The molecule has 86 valence electrons. The predicted octanol–water partition coefficient (Wildman–Crippen LogP) is 0.677. The number of carbonyl (C=O) groups is 1. The van der Waals surface area contributed by atoms with Gasteiger partial charge in [-0.3, -0.25) is 4.79 Å². The highest BCUT2D eigenvalue weighted by Gasteiger charge is 2.30. The monoisotopic (exact) mass is 212 g/mol. The van der Waals surface area contributed by atoms with Gasteiger partial charge >= 0.3 is 5.97 Å². The molecule has 15 heavy (non-hydrogen) atoms. The summed E-state index contributed by atoms with van der Waals surface area (Å²) < 4.78 is 0. The average molecular weight is 212 g/mol. The second-order valence-corrected chi connectivity index (χ2v) is 4.67. The Morgan fingerprint density at radius 3 is 2.73 bits per heavy atom. The van der Waals surface area contributed by atoms with Gasteiger partial charge in [-0.2, -0.15) is 0 Å². The van der Waals surface area contributed by atoms with Crippen molar-refractivity contribution in [1.29, 1.82) is 0 Å². The number of hydrogen-bond donors (Lipinski definition) is 2. The molecule has 0 aromatic heterocycles. The van der Waals surface area contributed by atoms with E-state index in [-0.39, 0.29) is 6.54 Å². The summed E-state index contributed by atoms with van der Waals surface area (Å²) in [6, 6.07) is 1.26. The molecule has 0 radical (unpaired) electrons. The van der Waals surface area contributed by atoms with Gasteiger partial charge in [0.15, 0.2) is 0 Å². The molecule has 1 heterocycles. The standard InChI is InChI=1S/C11H20N2O2/c14-11(15)8-12-9-2-1-6-13(7-5-9)10-3-4-10/h9-10,12H,1-8H2,(H,14,15). The van der Waals surface area contributed by atoms with Crippen LogP contribution < -0.4 is 5.32 Å². The molecule has 2 aliphatic rings. The summed E-state index contributed by atoms with van der Waals surface area (Å²) in [5.74, 6) is -0.752. The average Bonchev–Trinajstić information content (AvgIpc) is 3.01. The van der Waals surface area contributed by atoms with Crippen LogP contribution in [0, 0.1) is 0 Å². The van der Waals surface area contributed by atoms with Crippen LogP contribution in [0.15, 0.2) is 0 Å². The number of likely N-dealkylation sites (tertiary alicyclic amines) is 1. The smallest absolute Gasteiger partial charge is 0.317 e. The topological polar surface area (TPSA) is 52.6 Å². The molecule has 1 unspecified atom stereocenters. The zero-order valence-electron chi connectivity index (χ0n) is 9.11. The third-order valence-corrected chi connectivity index (χ3v) is 3.37. The van der Waals surface area contributed by atoms with Crippen LogP contribution in [0.25, 0.3) is 0 Å². The van der Waals surface area contributed by atoms with E-state index in [0.717, 1.165) is 25.4 Å². The quantitative estimate of drug-likeness (QED) is 0.719. The lowest BCUT2D eigenvalue weighted by Crippen LogP contribution is -2.34. The minimum atomic E-state index is -0.752. The van der Waals surface area contributed by atoms with Gasteiger partial charge < -0.3 is 15.3 Å². The van der Waals surface area contributed by atoms with E-state index in [9.17, 15) is 4.79 Å². The molecule has 2 fully saturated rings. The van der Waals surface area contributed by atoms with E-state index in [0.29, 0.717) is 6.04 Å². The predicted molar refractivity (Wildman–Crippen MR) is 57.9 cm³/mol. The molecule has 4 heteroatoms. The molecule has 0 bridgehead atoms. The lowest BCUT2D eigenvalue weighted by molar-refractivity contribution is -0.136. The fraction of sp³-hybridized carbons (Fsp3) is 0.909. The van der Waals surface area contributed by atoms with Crippen LogP contribution in [0.3, 0.4) is 0 Å². The summed E-state index contributed by atoms with van der Waals surface area (Å²) in [7, 11) is 0. The first-order valence-electron chi connectivity index (χ1n) is 5.95. The fourth-order valence-electron chi connectivity index (χ4n) is 2.36. The van der Waals surface area contributed by atoms with Gasteiger partial charge in [-0.1, -0.05) is 0 Å². The molecule has 2 N–H and O–H groups in total. The Bertz CT molecular complexity index is 229. The van der Waals surface area contributed by atoms with Gasteiger partial charge in [-0.05, 0) is 45.2 Å². The number of hydrogen-bond acceptors (Lipinski definition) is 3. The van der Waals surface area contributed by atoms with Crippen molar-refractivity contribution in [2.75, 3.05) is 19.6 Å². The molecule has 1 saturated carbocycles. The summed E-state index contributed by atoms with van der Waals surface area (Å²) >= 11 is 0. The highest BCUT2D eigenvalue weighted by atomic mass is 16.4. The summed E-state index contributed by atoms with van der Waals surface area (Å²) in [5.41, 5.74) is 0. The van der Waals surface area contributed by atoms with Gasteiger partial charge in [-0.15, -0.1) is 0 Å². The van der Waals surface area contributed by atoms with E-state index in [2.05, 4.69) is 10.2 Å². The fourth-order valence-corrected chi connectivity index (χ4v) is 2.36. The van der Waals surface area contributed by atoms with Gasteiger partial charge in [0.05, 0.1) is 6.54 Å². The van der Waals surface area contributed by atoms with Gasteiger partial charge in [0.2, 0.25) is 0 Å². The minimum absolute atomic E-state index is 0.105. The first kappa shape index (κ1) is 10.9. The van der Waals surface area contributed by atoms with E-state index in [4.69, 9.17) is 5.11 Å². The number of aliphatic carboxylic acids is 1. The molecule has 1 saturated heterocycles. The third-order valence-electron chi connectivity index (χ3n) is 3.37. The normalized spacial score (nSPS) is 28.7. The second-order valence-electron chi connectivity index (χ2n) is 4.67. The SMILES string of the molecule is O=C(O)CNC1CCCN(C2CC2)CC1. The van der Waals surface area contributed by atoms with Crippen LogP contribution in [0.1, 0.15) is 32.1 Å². The Hall–Kier alpha value is -0.610. The summed E-state index contributed by atoms with van der Waals surface area (Å²) in [4.78, 5) is 13.0. The first-order valence-corrected chi connectivity index (χ1v) is 5.95. The van der Waals surface area contributed by atoms with E-state index < -0.39 is 5.97 Å². The zero-order valence-corrected chi connectivity index (χ0v) is 9.11. The maximum atomic E-state index is 10.4. The summed E-state index contributed by atoms with van der Waals surface area (Å²) in [6.07, 6.45) is 6.16. The second kappa shape index (κ2) is 4.94. The Labute approximate surface area is 90.6 Å². The number of rotatable bonds is 4. The van der Waals surface area contributed by atoms with Gasteiger partial charge in [0.25, 0.3) is 0 Å². The molecule has 0 aromatic carbocycles. The molecule has 0 aromatic rings. The Kier molecular flexibility index (Phi) is 3.59. The van der Waals surface area contributed by atoms with Crippen LogP contribution >= 0.6 is 0 Å². The molecule has 1 aliphatic heterocycles. The summed E-state index contributed by atoms with van der Waals surface area (Å²) in [5, 5.41) is 11.7. The maximum absolute atomic E-state index is 10.4. The van der Waals surface area contributed by atoms with Crippen molar-refractivity contribution in [3.05, 3.63) is 0 Å². The number of nitrogens with zero attached hydrogens (tertiary/aromatic N) is 1. The van der Waals surface area contributed by atoms with Crippen molar-refractivity contribution in [2.24, 2.45) is 0 Å². The minimum Gasteiger partial charge on any atom is -0.480 e. The van der Waals surface area contributed by atoms with Crippen LogP contribution in [-0.4, -0.2) is 47.7 Å². The van der Waals surface area contributed by atoms with Gasteiger partial charge in [0.1, 0.15) is 0 Å². The number of nitrogens with one attached hydrogen (secondary N) is 1. The van der Waals surface area contributed by atoms with E-state index >= 15 is 0 Å². The molecular weight excluding hydrogens is 192 g/mol. The molecule has 1 atom stereocenters. The summed E-state index contributed by atoms with van der Waals surface area (Å²) in [6.45, 7) is 2.45. The molecule has 4 nitrogen and oxygen atoms in total. The van der Waals surface area contributed by atoms with Crippen molar-refractivity contribution >= 4 is 5.97 Å². The van der Waals surface area contributed by atoms with E-state index in [1.807, 2.05) is 0 Å². The first-order chi connectivity index (χ1) is 7.25. The number of carboxylic acids is 1. The molecular formula is C11H20N2O2. The van der Waals surface area contributed by atoms with Crippen LogP contribution in [0.5, 0.6) is 0 Å². The van der Waals surface area contributed by atoms with Crippen LogP contribution in [0.2, 0.25) is 0 Å². The molecule has 0 amide bonds. The highest BCUT2D eigenvalue weighted by Crippen LogP contribution is 2.28. The Balaban J connectivity index is 1.71. The number of carboxylic acid groups (broad SMARTS) is 1. The Morgan fingerprint density at radius 2 is 2.07 bits per heavy atom. The maximum Gasteiger partial charge on any atom is 0.317 e. The molecule has 0 spiro atoms. The lowest BCUT2D eigenvalue weighted by atomic mass is 10.1. The third kappa shape index (κ3) is 3.47. The van der Waals surface area contributed by atoms with Crippen molar-refractivity contribution in [2.45, 2.75) is 44.2 Å². The molecule has 1 aliphatic carbocycles. The Morgan fingerprint density at radius 1 is 1.27 bits per heavy atom. The van der Waals surface area contributed by atoms with Crippen molar-refractivity contribution in [1.82, 2.24) is 10.2 Å². The van der Waals surface area contributed by atoms with Crippen molar-refractivity contribution in [3.63, 3.8) is 0 Å². The van der Waals surface area contributed by atoms with E-state index in [1.165, 1.54) is 25.8 Å². The van der Waals surface area contributed by atoms with Gasteiger partial charge in [-0.25, -0.2) is 0 Å². The van der Waals surface area contributed by atoms with Crippen molar-refractivity contribution in [3.8, 4) is 0 Å².